The van der Waals surface area contributed by atoms with Gasteiger partial charge in [0.05, 0.1) is 5.52 Å². The average molecular weight is 274 g/mol. The van der Waals surface area contributed by atoms with Gasteiger partial charge in [-0.05, 0) is 66.8 Å². The Balaban J connectivity index is 1.80. The Morgan fingerprint density at radius 1 is 0.952 bits per heavy atom. The van der Waals surface area contributed by atoms with Gasteiger partial charge in [0.25, 0.3) is 0 Å². The number of aromatic nitrogens is 1. The lowest BCUT2D eigenvalue weighted by atomic mass is 9.96. The second kappa shape index (κ2) is 4.88. The van der Waals surface area contributed by atoms with E-state index in [1.54, 1.807) is 0 Å². The Bertz CT molecular complexity index is 821. The van der Waals surface area contributed by atoms with Crippen LogP contribution in [0, 0.1) is 6.92 Å². The second-order valence-corrected chi connectivity index (χ2v) is 5.76. The maximum atomic E-state index is 4.57. The summed E-state index contributed by atoms with van der Waals surface area (Å²) >= 11 is 0. The normalized spacial score (nSPS) is 13.8. The molecule has 3 aromatic rings. The van der Waals surface area contributed by atoms with Gasteiger partial charge in [0.15, 0.2) is 0 Å². The van der Waals surface area contributed by atoms with Crippen LogP contribution in [0.5, 0.6) is 0 Å². The predicted octanol–water partition coefficient (Wildman–Crippen LogP) is 4.57. The number of fused-ring (bicyclic) bond motifs is 2. The van der Waals surface area contributed by atoms with Crippen LogP contribution in [0.4, 0.5) is 5.69 Å². The topological polar surface area (TPSA) is 24.9 Å². The number of benzene rings is 2. The number of hydrogen-bond donors (Lipinski definition) is 1. The predicted molar refractivity (Wildman–Crippen MR) is 88.7 cm³/mol. The summed E-state index contributed by atoms with van der Waals surface area (Å²) in [7, 11) is 0. The van der Waals surface area contributed by atoms with Crippen molar-refractivity contribution in [1.29, 1.82) is 0 Å². The van der Waals surface area contributed by atoms with Gasteiger partial charge in [0, 0.05) is 23.3 Å². The number of nitrogens with zero attached hydrogens (tertiary/aromatic N) is 1. The van der Waals surface area contributed by atoms with Gasteiger partial charge in [-0.2, -0.15) is 0 Å². The molecule has 0 aliphatic carbocycles. The van der Waals surface area contributed by atoms with E-state index in [-0.39, 0.29) is 0 Å². The minimum absolute atomic E-state index is 1.06. The molecule has 21 heavy (non-hydrogen) atoms. The van der Waals surface area contributed by atoms with E-state index < -0.39 is 0 Å². The Hall–Kier alpha value is -2.35. The van der Waals surface area contributed by atoms with Crippen LogP contribution in [-0.4, -0.2) is 11.5 Å². The van der Waals surface area contributed by atoms with Crippen LogP contribution in [0.15, 0.2) is 48.5 Å². The van der Waals surface area contributed by atoms with E-state index in [0.717, 1.165) is 17.8 Å². The van der Waals surface area contributed by atoms with Gasteiger partial charge in [0.2, 0.25) is 0 Å². The van der Waals surface area contributed by atoms with Crippen molar-refractivity contribution in [2.45, 2.75) is 19.8 Å². The third-order valence-electron chi connectivity index (χ3n) is 4.21. The van der Waals surface area contributed by atoms with E-state index in [0.29, 0.717) is 0 Å². The largest absolute Gasteiger partial charge is 0.385 e. The molecule has 2 heterocycles. The highest BCUT2D eigenvalue weighted by Crippen LogP contribution is 2.29. The smallest absolute Gasteiger partial charge is 0.0705 e. The number of nitrogens with one attached hydrogen (secondary N) is 1. The first-order valence-corrected chi connectivity index (χ1v) is 7.54. The minimum Gasteiger partial charge on any atom is -0.385 e. The van der Waals surface area contributed by atoms with E-state index in [1.807, 2.05) is 6.92 Å². The zero-order valence-electron chi connectivity index (χ0n) is 12.2. The van der Waals surface area contributed by atoms with E-state index in [4.69, 9.17) is 0 Å². The number of hydrogen-bond acceptors (Lipinski definition) is 2. The molecule has 1 N–H and O–H groups in total. The third-order valence-corrected chi connectivity index (χ3v) is 4.21. The Labute approximate surface area is 124 Å². The Morgan fingerprint density at radius 2 is 1.81 bits per heavy atom. The summed E-state index contributed by atoms with van der Waals surface area (Å²) in [5.74, 6) is 0. The Kier molecular flexibility index (Phi) is 2.88. The van der Waals surface area contributed by atoms with E-state index in [2.05, 4.69) is 58.8 Å². The van der Waals surface area contributed by atoms with Gasteiger partial charge in [-0.15, -0.1) is 0 Å². The quantitative estimate of drug-likeness (QED) is 0.703. The van der Waals surface area contributed by atoms with E-state index in [9.17, 15) is 0 Å². The lowest BCUT2D eigenvalue weighted by Gasteiger charge is -2.18. The van der Waals surface area contributed by atoms with Gasteiger partial charge in [-0.3, -0.25) is 4.98 Å². The first-order valence-electron chi connectivity index (χ1n) is 7.54. The molecule has 1 aliphatic heterocycles. The SMILES string of the molecule is Cc1ccc2cc(-c3ccc4c(c3)CCCN4)ccc2n1. The molecular weight excluding hydrogens is 256 g/mol. The molecule has 0 unspecified atom stereocenters. The van der Waals surface area contributed by atoms with Crippen LogP contribution in [0.25, 0.3) is 22.0 Å². The van der Waals surface area contributed by atoms with Gasteiger partial charge >= 0.3 is 0 Å². The standard InChI is InChI=1S/C19H18N2/c1-13-4-5-17-12-15(7-9-19(17)21-13)14-6-8-18-16(11-14)3-2-10-20-18/h4-9,11-12,20H,2-3,10H2,1H3. The zero-order valence-corrected chi connectivity index (χ0v) is 12.2. The van der Waals surface area contributed by atoms with Crippen molar-refractivity contribution in [2.75, 3.05) is 11.9 Å². The molecule has 0 saturated carbocycles. The molecule has 4 rings (SSSR count). The molecule has 0 amide bonds. The first-order chi connectivity index (χ1) is 10.3. The van der Waals surface area contributed by atoms with Crippen molar-refractivity contribution >= 4 is 16.6 Å². The van der Waals surface area contributed by atoms with E-state index >= 15 is 0 Å². The van der Waals surface area contributed by atoms with Crippen molar-refractivity contribution in [2.24, 2.45) is 0 Å². The maximum Gasteiger partial charge on any atom is 0.0705 e. The molecule has 1 aromatic heterocycles. The molecule has 0 atom stereocenters. The maximum absolute atomic E-state index is 4.57. The van der Waals surface area contributed by atoms with Gasteiger partial charge < -0.3 is 5.32 Å². The van der Waals surface area contributed by atoms with Crippen LogP contribution in [-0.2, 0) is 6.42 Å². The molecule has 0 spiro atoms. The molecule has 0 bridgehead atoms. The summed E-state index contributed by atoms with van der Waals surface area (Å²) in [6.45, 7) is 3.12. The first kappa shape index (κ1) is 12.4. The van der Waals surface area contributed by atoms with Crippen LogP contribution < -0.4 is 5.32 Å². The van der Waals surface area contributed by atoms with Crippen molar-refractivity contribution < 1.29 is 0 Å². The summed E-state index contributed by atoms with van der Waals surface area (Å²) in [6, 6.07) is 17.5. The highest BCUT2D eigenvalue weighted by molar-refractivity contribution is 5.85. The fraction of sp³-hybridized carbons (Fsp3) is 0.211. The molecule has 2 heteroatoms. The lowest BCUT2D eigenvalue weighted by molar-refractivity contribution is 0.830. The fourth-order valence-corrected chi connectivity index (χ4v) is 3.06. The summed E-state index contributed by atoms with van der Waals surface area (Å²) in [4.78, 5) is 4.57. The van der Waals surface area contributed by atoms with Crippen molar-refractivity contribution in [3.63, 3.8) is 0 Å². The summed E-state index contributed by atoms with van der Waals surface area (Å²) in [5.41, 5.74) is 7.42. The number of rotatable bonds is 1. The summed E-state index contributed by atoms with van der Waals surface area (Å²) in [5, 5.41) is 4.67. The van der Waals surface area contributed by atoms with Crippen molar-refractivity contribution in [3.05, 3.63) is 59.8 Å². The van der Waals surface area contributed by atoms with Crippen molar-refractivity contribution in [1.82, 2.24) is 4.98 Å². The number of anilines is 1. The van der Waals surface area contributed by atoms with Gasteiger partial charge in [0.1, 0.15) is 0 Å². The van der Waals surface area contributed by atoms with Crippen LogP contribution >= 0.6 is 0 Å². The molecule has 0 fully saturated rings. The van der Waals surface area contributed by atoms with Gasteiger partial charge in [-0.1, -0.05) is 18.2 Å². The number of pyridine rings is 1. The Morgan fingerprint density at radius 3 is 2.76 bits per heavy atom. The molecule has 2 aromatic carbocycles. The molecule has 1 aliphatic rings. The van der Waals surface area contributed by atoms with Crippen LogP contribution in [0.1, 0.15) is 17.7 Å². The minimum atomic E-state index is 1.06. The van der Waals surface area contributed by atoms with E-state index in [1.165, 1.54) is 40.6 Å². The third kappa shape index (κ3) is 2.27. The monoisotopic (exact) mass is 274 g/mol. The van der Waals surface area contributed by atoms with Crippen LogP contribution in [0.3, 0.4) is 0 Å². The van der Waals surface area contributed by atoms with Crippen LogP contribution in [0.2, 0.25) is 0 Å². The molecule has 2 nitrogen and oxygen atoms in total. The highest BCUT2D eigenvalue weighted by atomic mass is 14.9. The summed E-state index contributed by atoms with van der Waals surface area (Å²) in [6.07, 6.45) is 2.39. The summed E-state index contributed by atoms with van der Waals surface area (Å²) < 4.78 is 0. The molecular formula is C19H18N2. The average Bonchev–Trinajstić information content (AvgIpc) is 2.54. The van der Waals surface area contributed by atoms with Gasteiger partial charge in [-0.25, -0.2) is 0 Å². The molecule has 0 saturated heterocycles. The highest BCUT2D eigenvalue weighted by Gasteiger charge is 2.09. The van der Waals surface area contributed by atoms with Crippen molar-refractivity contribution in [3.8, 4) is 11.1 Å². The zero-order chi connectivity index (χ0) is 14.2. The molecule has 104 valence electrons. The lowest BCUT2D eigenvalue weighted by Crippen LogP contribution is -2.11. The number of aryl methyl sites for hydroxylation is 2. The molecule has 0 radical (unpaired) electrons. The second-order valence-electron chi connectivity index (χ2n) is 5.76. The fourth-order valence-electron chi connectivity index (χ4n) is 3.06.